The van der Waals surface area contributed by atoms with Crippen molar-refractivity contribution in [2.75, 3.05) is 13.2 Å². The fourth-order valence-corrected chi connectivity index (χ4v) is 6.58. The molecular weight excluding hydrogens is 596 g/mol. The summed E-state index contributed by atoms with van der Waals surface area (Å²) in [5.41, 5.74) is 3.97. The van der Waals surface area contributed by atoms with Gasteiger partial charge in [-0.2, -0.15) is 10.2 Å². The summed E-state index contributed by atoms with van der Waals surface area (Å²) < 4.78 is 42.7. The standard InChI is InChI=1S/C27H22N4O6S3.Na/c1-3-37-25(33)13-18(32)14-28-31-21-9-6-17(12-24(21)40(34,35)36)27-30-20-8-5-16(11-23(20)39-27)26-29-19-7-4-15(2)10-22(19)38-26;/h4-12H,3,13-14H2,1-2H3,(H,34,35,36);/q;+1/p-1. The number of aryl methyl sites for hydroxylation is 1. The van der Waals surface area contributed by atoms with Crippen LogP contribution in [0.4, 0.5) is 5.69 Å². The van der Waals surface area contributed by atoms with Gasteiger partial charge in [-0.25, -0.2) is 18.4 Å². The second-order valence-electron chi connectivity index (χ2n) is 8.75. The van der Waals surface area contributed by atoms with Crippen molar-refractivity contribution in [3.63, 3.8) is 0 Å². The number of fused-ring (bicyclic) bond motifs is 2. The fourth-order valence-electron chi connectivity index (χ4n) is 3.89. The average Bonchev–Trinajstić information content (AvgIpc) is 3.51. The second-order valence-corrected chi connectivity index (χ2v) is 12.2. The van der Waals surface area contributed by atoms with E-state index in [1.807, 2.05) is 37.3 Å². The minimum Gasteiger partial charge on any atom is -0.744 e. The summed E-state index contributed by atoms with van der Waals surface area (Å²) in [4.78, 5) is 32.0. The van der Waals surface area contributed by atoms with Crippen LogP contribution in [0, 0.1) is 6.92 Å². The van der Waals surface area contributed by atoms with E-state index in [1.165, 1.54) is 29.0 Å². The maximum Gasteiger partial charge on any atom is 1.00 e. The molecule has 10 nitrogen and oxygen atoms in total. The molecule has 2 heterocycles. The normalized spacial score (nSPS) is 11.7. The molecule has 204 valence electrons. The Morgan fingerprint density at radius 2 is 1.54 bits per heavy atom. The van der Waals surface area contributed by atoms with Crippen molar-refractivity contribution in [2.45, 2.75) is 25.2 Å². The van der Waals surface area contributed by atoms with Gasteiger partial charge in [0.1, 0.15) is 38.8 Å². The van der Waals surface area contributed by atoms with Crippen LogP contribution in [-0.2, 0) is 24.4 Å². The van der Waals surface area contributed by atoms with Crippen molar-refractivity contribution < 1.29 is 56.9 Å². The summed E-state index contributed by atoms with van der Waals surface area (Å²) in [5.74, 6) is -1.24. The largest absolute Gasteiger partial charge is 1.00 e. The van der Waals surface area contributed by atoms with E-state index in [0.717, 1.165) is 31.0 Å². The molecule has 0 N–H and O–H groups in total. The monoisotopic (exact) mass is 616 g/mol. The van der Waals surface area contributed by atoms with E-state index in [1.54, 1.807) is 24.3 Å². The second kappa shape index (κ2) is 12.9. The molecule has 0 aliphatic carbocycles. The van der Waals surface area contributed by atoms with Crippen LogP contribution in [0.5, 0.6) is 0 Å². The fraction of sp³-hybridized carbons (Fsp3) is 0.185. The molecule has 0 unspecified atom stereocenters. The third-order valence-electron chi connectivity index (χ3n) is 5.73. The van der Waals surface area contributed by atoms with Crippen LogP contribution in [0.25, 0.3) is 41.6 Å². The molecule has 0 radical (unpaired) electrons. The molecule has 0 bridgehead atoms. The van der Waals surface area contributed by atoms with Crippen molar-refractivity contribution in [3.05, 3.63) is 60.2 Å². The number of aromatic nitrogens is 2. The molecule has 14 heteroatoms. The predicted octanol–water partition coefficient (Wildman–Crippen LogP) is 3.06. The van der Waals surface area contributed by atoms with Crippen molar-refractivity contribution >= 4 is 70.7 Å². The van der Waals surface area contributed by atoms with Gasteiger partial charge in [0, 0.05) is 11.1 Å². The van der Waals surface area contributed by atoms with Gasteiger partial charge in [0.25, 0.3) is 0 Å². The number of ketones is 1. The Morgan fingerprint density at radius 3 is 2.20 bits per heavy atom. The zero-order valence-electron chi connectivity index (χ0n) is 22.3. The average molecular weight is 617 g/mol. The number of azo groups is 1. The smallest absolute Gasteiger partial charge is 0.744 e. The van der Waals surface area contributed by atoms with Crippen LogP contribution in [0.1, 0.15) is 18.9 Å². The van der Waals surface area contributed by atoms with Crippen molar-refractivity contribution in [2.24, 2.45) is 10.2 Å². The first kappa shape index (κ1) is 31.0. The van der Waals surface area contributed by atoms with E-state index in [0.29, 0.717) is 10.6 Å². The third-order valence-corrected chi connectivity index (χ3v) is 8.73. The SMILES string of the molecule is CCOC(=O)CC(=O)CN=Nc1ccc(-c2nc3ccc(-c4nc5ccc(C)cc5s4)cc3s2)cc1S(=O)(=O)[O-].[Na+]. The van der Waals surface area contributed by atoms with Gasteiger partial charge in [0.15, 0.2) is 5.78 Å². The van der Waals surface area contributed by atoms with E-state index in [-0.39, 0.29) is 41.9 Å². The summed E-state index contributed by atoms with van der Waals surface area (Å²) in [6.45, 7) is 3.34. The molecule has 0 atom stereocenters. The maximum atomic E-state index is 12.0. The van der Waals surface area contributed by atoms with Gasteiger partial charge in [0.05, 0.1) is 31.9 Å². The number of thiazole rings is 2. The number of Topliss-reactive ketones (excluding diaryl/α,β-unsaturated/α-hetero) is 1. The Labute approximate surface area is 265 Å². The van der Waals surface area contributed by atoms with E-state index < -0.39 is 39.7 Å². The summed E-state index contributed by atoms with van der Waals surface area (Å²) in [5, 5.41) is 8.83. The molecule has 5 rings (SSSR count). The molecule has 0 fully saturated rings. The number of ether oxygens (including phenoxy) is 1. The molecule has 0 saturated heterocycles. The van der Waals surface area contributed by atoms with Gasteiger partial charge < -0.3 is 9.29 Å². The Hall–Kier alpha value is -2.91. The molecule has 0 spiro atoms. The molecule has 3 aromatic carbocycles. The summed E-state index contributed by atoms with van der Waals surface area (Å²) in [7, 11) is -4.92. The number of rotatable bonds is 9. The zero-order chi connectivity index (χ0) is 28.4. The molecule has 0 aliphatic heterocycles. The first-order chi connectivity index (χ1) is 19.1. The van der Waals surface area contributed by atoms with Gasteiger partial charge in [-0.1, -0.05) is 6.07 Å². The number of carbonyl (C=O) groups is 2. The van der Waals surface area contributed by atoms with Crippen LogP contribution in [0.3, 0.4) is 0 Å². The van der Waals surface area contributed by atoms with Crippen LogP contribution in [0.15, 0.2) is 69.7 Å². The van der Waals surface area contributed by atoms with Crippen LogP contribution >= 0.6 is 22.7 Å². The summed E-state index contributed by atoms with van der Waals surface area (Å²) >= 11 is 2.96. The van der Waals surface area contributed by atoms with Crippen molar-refractivity contribution in [1.82, 2.24) is 9.97 Å². The molecule has 0 aliphatic rings. The minimum absolute atomic E-state index is 0. The molecule has 2 aromatic heterocycles. The van der Waals surface area contributed by atoms with Crippen LogP contribution in [-0.4, -0.2) is 47.8 Å². The van der Waals surface area contributed by atoms with Gasteiger partial charge in [0.2, 0.25) is 0 Å². The van der Waals surface area contributed by atoms with E-state index in [2.05, 4.69) is 21.3 Å². The van der Waals surface area contributed by atoms with Crippen LogP contribution < -0.4 is 29.6 Å². The van der Waals surface area contributed by atoms with Gasteiger partial charge >= 0.3 is 35.5 Å². The number of hydrogen-bond acceptors (Lipinski definition) is 12. The van der Waals surface area contributed by atoms with E-state index >= 15 is 0 Å². The first-order valence-corrected chi connectivity index (χ1v) is 15.1. The van der Waals surface area contributed by atoms with Gasteiger partial charge in [-0.3, -0.25) is 9.59 Å². The molecule has 0 amide bonds. The van der Waals surface area contributed by atoms with E-state index in [9.17, 15) is 22.6 Å². The first-order valence-electron chi connectivity index (χ1n) is 12.0. The van der Waals surface area contributed by atoms with Gasteiger partial charge in [-0.15, -0.1) is 22.7 Å². The molecule has 0 saturated carbocycles. The number of benzene rings is 3. The summed E-state index contributed by atoms with van der Waals surface area (Å²) in [6.07, 6.45) is -0.476. The van der Waals surface area contributed by atoms with Crippen molar-refractivity contribution in [3.8, 4) is 21.1 Å². The minimum atomic E-state index is -4.92. The molecule has 41 heavy (non-hydrogen) atoms. The zero-order valence-corrected chi connectivity index (χ0v) is 26.7. The van der Waals surface area contributed by atoms with Crippen molar-refractivity contribution in [1.29, 1.82) is 0 Å². The third kappa shape index (κ3) is 7.30. The van der Waals surface area contributed by atoms with Gasteiger partial charge in [-0.05, 0) is 67.9 Å². The Morgan fingerprint density at radius 1 is 0.927 bits per heavy atom. The quantitative estimate of drug-likeness (QED) is 0.0806. The summed E-state index contributed by atoms with van der Waals surface area (Å²) in [6, 6.07) is 16.1. The predicted molar refractivity (Wildman–Crippen MR) is 152 cm³/mol. The van der Waals surface area contributed by atoms with Crippen LogP contribution in [0.2, 0.25) is 0 Å². The number of nitrogens with zero attached hydrogens (tertiary/aromatic N) is 4. The Bertz CT molecular complexity index is 1920. The van der Waals surface area contributed by atoms with E-state index in [4.69, 9.17) is 9.72 Å². The number of esters is 1. The molecule has 5 aromatic rings. The topological polar surface area (TPSA) is 151 Å². The molecular formula is C27H21N4NaO6S3. The number of hydrogen-bond donors (Lipinski definition) is 0. The Kier molecular flexibility index (Phi) is 9.80. The Balaban J connectivity index is 0.00000387. The maximum absolute atomic E-state index is 12.0. The number of carbonyl (C=O) groups excluding carboxylic acids is 2.